The average molecular weight is 289 g/mol. The Balaban J connectivity index is 2.20. The zero-order valence-corrected chi connectivity index (χ0v) is 11.4. The van der Waals surface area contributed by atoms with Gasteiger partial charge in [-0.05, 0) is 33.1 Å². The minimum Gasteiger partial charge on any atom is -0.393 e. The average Bonchev–Trinajstić information content (AvgIpc) is 2.69. The second-order valence-electron chi connectivity index (χ2n) is 5.34. The minimum absolute atomic E-state index is 0.0711. The largest absolute Gasteiger partial charge is 0.419 e. The summed E-state index contributed by atoms with van der Waals surface area (Å²) in [7, 11) is 0. The number of aromatic nitrogens is 2. The number of nitrogens with zero attached hydrogens (tertiary/aromatic N) is 3. The normalized spacial score (nSPS) is 25.0. The van der Waals surface area contributed by atoms with Gasteiger partial charge in [-0.2, -0.15) is 13.2 Å². The lowest BCUT2D eigenvalue weighted by atomic mass is 10.1. The number of aliphatic hydroxyl groups is 1. The molecule has 1 N–H and O–H groups in total. The zero-order valence-electron chi connectivity index (χ0n) is 11.4. The number of aliphatic hydroxyl groups excluding tert-OH is 1. The molecule has 3 atom stereocenters. The molecule has 0 amide bonds. The first-order valence-corrected chi connectivity index (χ1v) is 6.64. The molecule has 4 nitrogen and oxygen atoms in total. The molecule has 2 heterocycles. The van der Waals surface area contributed by atoms with Gasteiger partial charge in [0, 0.05) is 24.5 Å². The van der Waals surface area contributed by atoms with Gasteiger partial charge in [-0.3, -0.25) is 0 Å². The summed E-state index contributed by atoms with van der Waals surface area (Å²) in [5.41, 5.74) is -0.847. The fourth-order valence-corrected chi connectivity index (χ4v) is 2.66. The Kier molecular flexibility index (Phi) is 4.17. The molecule has 112 valence electrons. The Bertz CT molecular complexity index is 447. The Hall–Kier alpha value is -1.37. The van der Waals surface area contributed by atoms with Crippen LogP contribution in [0, 0.1) is 0 Å². The van der Waals surface area contributed by atoms with E-state index in [0.29, 0.717) is 12.4 Å². The van der Waals surface area contributed by atoms with Crippen LogP contribution in [-0.4, -0.2) is 33.3 Å². The number of alkyl halides is 3. The molecular weight excluding hydrogens is 271 g/mol. The topological polar surface area (TPSA) is 49.2 Å². The summed E-state index contributed by atoms with van der Waals surface area (Å²) in [6.07, 6.45) is -0.886. The summed E-state index contributed by atoms with van der Waals surface area (Å²) in [6, 6.07) is 0.234. The van der Waals surface area contributed by atoms with Gasteiger partial charge in [-0.15, -0.1) is 0 Å². The van der Waals surface area contributed by atoms with E-state index >= 15 is 0 Å². The Labute approximate surface area is 115 Å². The highest BCUT2D eigenvalue weighted by molar-refractivity contribution is 5.36. The third kappa shape index (κ3) is 3.20. The van der Waals surface area contributed by atoms with Crippen molar-refractivity contribution in [2.45, 2.75) is 57.5 Å². The molecule has 1 aromatic rings. The molecule has 3 unspecified atom stereocenters. The third-order valence-electron chi connectivity index (χ3n) is 3.60. The van der Waals surface area contributed by atoms with Crippen LogP contribution in [0.3, 0.4) is 0 Å². The summed E-state index contributed by atoms with van der Waals surface area (Å²) in [4.78, 5) is 9.61. The van der Waals surface area contributed by atoms with Crippen LogP contribution in [0.5, 0.6) is 0 Å². The minimum atomic E-state index is -4.42. The second kappa shape index (κ2) is 5.55. The van der Waals surface area contributed by atoms with Crippen molar-refractivity contribution in [2.75, 3.05) is 4.90 Å². The zero-order chi connectivity index (χ0) is 14.9. The van der Waals surface area contributed by atoms with Crippen LogP contribution in [0.4, 0.5) is 19.1 Å². The van der Waals surface area contributed by atoms with E-state index in [9.17, 15) is 18.3 Å². The molecule has 1 aliphatic heterocycles. The summed E-state index contributed by atoms with van der Waals surface area (Å²) < 4.78 is 37.5. The van der Waals surface area contributed by atoms with Gasteiger partial charge >= 0.3 is 6.18 Å². The van der Waals surface area contributed by atoms with E-state index in [4.69, 9.17) is 0 Å². The van der Waals surface area contributed by atoms with Gasteiger partial charge in [0.25, 0.3) is 0 Å². The number of rotatable bonds is 3. The molecule has 0 bridgehead atoms. The highest BCUT2D eigenvalue weighted by Gasteiger charge is 2.35. The van der Waals surface area contributed by atoms with Gasteiger partial charge in [-0.1, -0.05) is 0 Å². The first-order valence-electron chi connectivity index (χ1n) is 6.64. The lowest BCUT2D eigenvalue weighted by Crippen LogP contribution is -2.37. The molecule has 0 aliphatic carbocycles. The molecule has 1 fully saturated rings. The van der Waals surface area contributed by atoms with Crippen molar-refractivity contribution in [1.82, 2.24) is 9.97 Å². The van der Waals surface area contributed by atoms with E-state index in [2.05, 4.69) is 9.97 Å². The van der Waals surface area contributed by atoms with Gasteiger partial charge in [0.05, 0.1) is 11.7 Å². The molecule has 0 aromatic carbocycles. The predicted molar refractivity (Wildman–Crippen MR) is 68.3 cm³/mol. The number of anilines is 1. The van der Waals surface area contributed by atoms with Crippen LogP contribution in [0.2, 0.25) is 0 Å². The predicted octanol–water partition coefficient (Wildman–Crippen LogP) is 2.62. The molecule has 0 saturated carbocycles. The molecule has 1 saturated heterocycles. The van der Waals surface area contributed by atoms with Crippen LogP contribution >= 0.6 is 0 Å². The van der Waals surface area contributed by atoms with Gasteiger partial charge in [-0.25, -0.2) is 9.97 Å². The first kappa shape index (κ1) is 15.0. The quantitative estimate of drug-likeness (QED) is 0.929. The standard InChI is InChI=1S/C13H18F3N3O/c1-8-3-4-11(5-9(2)20)19(8)12-17-6-10(7-18-12)13(14,15)16/h6-9,11,20H,3-5H2,1-2H3. The van der Waals surface area contributed by atoms with Crippen LogP contribution in [0.15, 0.2) is 12.4 Å². The maximum absolute atomic E-state index is 12.5. The smallest absolute Gasteiger partial charge is 0.393 e. The van der Waals surface area contributed by atoms with Crippen LogP contribution in [0.1, 0.15) is 38.7 Å². The van der Waals surface area contributed by atoms with Gasteiger partial charge < -0.3 is 10.0 Å². The van der Waals surface area contributed by atoms with Crippen molar-refractivity contribution in [1.29, 1.82) is 0 Å². The van der Waals surface area contributed by atoms with E-state index in [1.54, 1.807) is 6.92 Å². The van der Waals surface area contributed by atoms with Crippen molar-refractivity contribution in [3.05, 3.63) is 18.0 Å². The second-order valence-corrected chi connectivity index (χ2v) is 5.34. The van der Waals surface area contributed by atoms with Crippen LogP contribution in [-0.2, 0) is 6.18 Å². The van der Waals surface area contributed by atoms with Crippen molar-refractivity contribution in [2.24, 2.45) is 0 Å². The van der Waals surface area contributed by atoms with E-state index in [1.807, 2.05) is 11.8 Å². The Morgan fingerprint density at radius 2 is 1.95 bits per heavy atom. The molecule has 1 aromatic heterocycles. The molecule has 0 spiro atoms. The van der Waals surface area contributed by atoms with Gasteiger partial charge in [0.15, 0.2) is 0 Å². The Morgan fingerprint density at radius 3 is 2.45 bits per heavy atom. The molecule has 20 heavy (non-hydrogen) atoms. The lowest BCUT2D eigenvalue weighted by molar-refractivity contribution is -0.138. The fourth-order valence-electron chi connectivity index (χ4n) is 2.66. The number of hydrogen-bond acceptors (Lipinski definition) is 4. The fraction of sp³-hybridized carbons (Fsp3) is 0.692. The first-order chi connectivity index (χ1) is 9.29. The molecule has 7 heteroatoms. The summed E-state index contributed by atoms with van der Waals surface area (Å²) in [6.45, 7) is 3.69. The van der Waals surface area contributed by atoms with E-state index in [0.717, 1.165) is 25.2 Å². The van der Waals surface area contributed by atoms with Gasteiger partial charge in [0.2, 0.25) is 5.95 Å². The molecule has 1 aliphatic rings. The van der Waals surface area contributed by atoms with Crippen molar-refractivity contribution >= 4 is 5.95 Å². The Morgan fingerprint density at radius 1 is 1.35 bits per heavy atom. The highest BCUT2D eigenvalue weighted by atomic mass is 19.4. The van der Waals surface area contributed by atoms with Crippen LogP contribution < -0.4 is 4.90 Å². The number of hydrogen-bond donors (Lipinski definition) is 1. The van der Waals surface area contributed by atoms with E-state index in [-0.39, 0.29) is 12.1 Å². The summed E-state index contributed by atoms with van der Waals surface area (Å²) >= 11 is 0. The van der Waals surface area contributed by atoms with Crippen molar-refractivity contribution in [3.8, 4) is 0 Å². The third-order valence-corrected chi connectivity index (χ3v) is 3.60. The van der Waals surface area contributed by atoms with Crippen molar-refractivity contribution < 1.29 is 18.3 Å². The summed E-state index contributed by atoms with van der Waals surface area (Å²) in [5, 5.41) is 9.50. The SMILES string of the molecule is CC(O)CC1CCC(C)N1c1ncc(C(F)(F)F)cn1. The number of halogens is 3. The monoisotopic (exact) mass is 289 g/mol. The molecule has 0 radical (unpaired) electrons. The summed E-state index contributed by atoms with van der Waals surface area (Å²) in [5.74, 6) is 0.300. The van der Waals surface area contributed by atoms with E-state index < -0.39 is 17.8 Å². The lowest BCUT2D eigenvalue weighted by Gasteiger charge is -2.29. The van der Waals surface area contributed by atoms with E-state index in [1.165, 1.54) is 0 Å². The maximum atomic E-state index is 12.5. The van der Waals surface area contributed by atoms with Crippen LogP contribution in [0.25, 0.3) is 0 Å². The molecule has 2 rings (SSSR count). The highest BCUT2D eigenvalue weighted by Crippen LogP contribution is 2.32. The van der Waals surface area contributed by atoms with Crippen molar-refractivity contribution in [3.63, 3.8) is 0 Å². The molecular formula is C13H18F3N3O. The van der Waals surface area contributed by atoms with Gasteiger partial charge in [0.1, 0.15) is 0 Å². The maximum Gasteiger partial charge on any atom is 0.419 e.